The first-order chi connectivity index (χ1) is 14.4. The van der Waals surface area contributed by atoms with Gasteiger partial charge in [0.15, 0.2) is 0 Å². The maximum atomic E-state index is 12.7. The van der Waals surface area contributed by atoms with Crippen LogP contribution in [0.2, 0.25) is 0 Å². The van der Waals surface area contributed by atoms with E-state index in [1.165, 1.54) is 0 Å². The molecule has 3 fully saturated rings. The van der Waals surface area contributed by atoms with Gasteiger partial charge in [0.2, 0.25) is 17.7 Å². The third kappa shape index (κ3) is 4.17. The topological polar surface area (TPSA) is 107 Å². The van der Waals surface area contributed by atoms with E-state index in [9.17, 15) is 19.2 Å². The van der Waals surface area contributed by atoms with E-state index in [1.54, 1.807) is 4.90 Å². The van der Waals surface area contributed by atoms with Gasteiger partial charge in [0.1, 0.15) is 0 Å². The highest BCUT2D eigenvalue weighted by molar-refractivity contribution is 6.00. The number of aliphatic carboxylic acids is 1. The molecule has 0 aromatic heterocycles. The monoisotopic (exact) mass is 413 g/mol. The molecule has 0 saturated carbocycles. The van der Waals surface area contributed by atoms with Crippen LogP contribution in [0, 0.1) is 11.8 Å². The van der Waals surface area contributed by atoms with Gasteiger partial charge in [-0.25, -0.2) is 0 Å². The molecule has 3 heterocycles. The van der Waals surface area contributed by atoms with E-state index >= 15 is 0 Å². The Bertz CT molecular complexity index is 845. The quantitative estimate of drug-likeness (QED) is 0.722. The Morgan fingerprint density at radius 1 is 0.933 bits per heavy atom. The Balaban J connectivity index is 1.31. The van der Waals surface area contributed by atoms with Crippen LogP contribution in [-0.2, 0) is 19.2 Å². The molecule has 0 radical (unpaired) electrons. The smallest absolute Gasteiger partial charge is 0.308 e. The number of carboxylic acids is 1. The first-order valence-corrected chi connectivity index (χ1v) is 10.6. The largest absolute Gasteiger partial charge is 0.481 e. The van der Waals surface area contributed by atoms with Crippen LogP contribution >= 0.6 is 0 Å². The van der Waals surface area contributed by atoms with E-state index in [4.69, 9.17) is 5.11 Å². The lowest BCUT2D eigenvalue weighted by atomic mass is 9.90. The van der Waals surface area contributed by atoms with E-state index < -0.39 is 11.9 Å². The molecule has 3 amide bonds. The van der Waals surface area contributed by atoms with Crippen molar-refractivity contribution in [2.45, 2.75) is 38.0 Å². The molecule has 3 saturated heterocycles. The highest BCUT2D eigenvalue weighted by atomic mass is 16.4. The molecule has 160 valence electrons. The average Bonchev–Trinajstić information content (AvgIpc) is 3.24. The Morgan fingerprint density at radius 3 is 2.20 bits per heavy atom. The van der Waals surface area contributed by atoms with Crippen molar-refractivity contribution >= 4 is 29.4 Å². The van der Waals surface area contributed by atoms with Gasteiger partial charge < -0.3 is 14.9 Å². The summed E-state index contributed by atoms with van der Waals surface area (Å²) in [4.78, 5) is 51.2. The number of likely N-dealkylation sites (tertiary alicyclic amines) is 1. The standard InChI is InChI=1S/C22H27N3O5/c26-19-6-5-18(20(27)23-19)14-1-3-17(4-2-14)24-10-7-15(8-11-24)21(28)25-12-9-16(13-25)22(29)30/h1-4,15-16,18H,5-13H2,(H,29,30)(H,23,26,27)/t16-,18?/m0/s1. The van der Waals surface area contributed by atoms with Gasteiger partial charge >= 0.3 is 5.97 Å². The molecule has 8 heteroatoms. The minimum Gasteiger partial charge on any atom is -0.481 e. The van der Waals surface area contributed by atoms with Crippen molar-refractivity contribution in [3.63, 3.8) is 0 Å². The molecule has 2 N–H and O–H groups in total. The van der Waals surface area contributed by atoms with Crippen molar-refractivity contribution in [3.8, 4) is 0 Å². The summed E-state index contributed by atoms with van der Waals surface area (Å²) in [7, 11) is 0. The predicted molar refractivity (Wildman–Crippen MR) is 109 cm³/mol. The van der Waals surface area contributed by atoms with Crippen molar-refractivity contribution < 1.29 is 24.3 Å². The minimum absolute atomic E-state index is 0.0449. The molecular weight excluding hydrogens is 386 g/mol. The number of carboxylic acid groups (broad SMARTS) is 1. The SMILES string of the molecule is O=C1CCC(c2ccc(N3CCC(C(=O)N4CC[C@H](C(=O)O)C4)CC3)cc2)C(=O)N1. The van der Waals surface area contributed by atoms with Gasteiger partial charge in [0.25, 0.3) is 0 Å². The molecular formula is C22H27N3O5. The number of rotatable bonds is 4. The second kappa shape index (κ2) is 8.45. The summed E-state index contributed by atoms with van der Waals surface area (Å²) in [6, 6.07) is 7.89. The van der Waals surface area contributed by atoms with Crippen LogP contribution in [0.25, 0.3) is 0 Å². The molecule has 3 aliphatic rings. The number of anilines is 1. The Morgan fingerprint density at radius 2 is 1.60 bits per heavy atom. The number of carbonyl (C=O) groups excluding carboxylic acids is 3. The first-order valence-electron chi connectivity index (χ1n) is 10.6. The highest BCUT2D eigenvalue weighted by Gasteiger charge is 2.35. The molecule has 0 spiro atoms. The van der Waals surface area contributed by atoms with Crippen LogP contribution in [0.1, 0.15) is 43.6 Å². The lowest BCUT2D eigenvalue weighted by molar-refractivity contribution is -0.142. The molecule has 1 unspecified atom stereocenters. The minimum atomic E-state index is -0.819. The van der Waals surface area contributed by atoms with Crippen LogP contribution in [0.5, 0.6) is 0 Å². The summed E-state index contributed by atoms with van der Waals surface area (Å²) >= 11 is 0. The number of carbonyl (C=O) groups is 4. The van der Waals surface area contributed by atoms with Crippen LogP contribution < -0.4 is 10.2 Å². The third-order valence-corrected chi connectivity index (χ3v) is 6.59. The predicted octanol–water partition coefficient (Wildman–Crippen LogP) is 1.36. The van der Waals surface area contributed by atoms with Gasteiger partial charge in [-0.2, -0.15) is 0 Å². The summed E-state index contributed by atoms with van der Waals surface area (Å²) < 4.78 is 0. The summed E-state index contributed by atoms with van der Waals surface area (Å²) in [5.41, 5.74) is 1.97. The number of benzene rings is 1. The number of piperidine rings is 2. The Hall–Kier alpha value is -2.90. The zero-order valence-electron chi connectivity index (χ0n) is 16.9. The van der Waals surface area contributed by atoms with Crippen molar-refractivity contribution in [3.05, 3.63) is 29.8 Å². The van der Waals surface area contributed by atoms with E-state index in [-0.39, 0.29) is 29.6 Å². The van der Waals surface area contributed by atoms with Gasteiger partial charge in [-0.1, -0.05) is 12.1 Å². The lowest BCUT2D eigenvalue weighted by Gasteiger charge is -2.34. The van der Waals surface area contributed by atoms with E-state index in [0.29, 0.717) is 32.4 Å². The lowest BCUT2D eigenvalue weighted by Crippen LogP contribution is -2.42. The van der Waals surface area contributed by atoms with Crippen LogP contribution in [0.3, 0.4) is 0 Å². The summed E-state index contributed by atoms with van der Waals surface area (Å²) in [5, 5.41) is 11.5. The Kier molecular flexibility index (Phi) is 5.74. The molecule has 8 nitrogen and oxygen atoms in total. The number of nitrogens with one attached hydrogen (secondary N) is 1. The molecule has 0 aliphatic carbocycles. The number of hydrogen-bond donors (Lipinski definition) is 2. The molecule has 0 bridgehead atoms. The van der Waals surface area contributed by atoms with Crippen molar-refractivity contribution in [2.24, 2.45) is 11.8 Å². The molecule has 4 rings (SSSR count). The first kappa shape index (κ1) is 20.4. The van der Waals surface area contributed by atoms with Crippen LogP contribution in [-0.4, -0.2) is 59.9 Å². The van der Waals surface area contributed by atoms with Gasteiger partial charge in [-0.05, 0) is 43.4 Å². The summed E-state index contributed by atoms with van der Waals surface area (Å²) in [5.74, 6) is -1.93. The number of amides is 3. The number of hydrogen-bond acceptors (Lipinski definition) is 5. The maximum Gasteiger partial charge on any atom is 0.308 e. The fourth-order valence-electron chi connectivity index (χ4n) is 4.73. The zero-order chi connectivity index (χ0) is 21.3. The maximum absolute atomic E-state index is 12.7. The van der Waals surface area contributed by atoms with Gasteiger partial charge in [0, 0.05) is 44.2 Å². The van der Waals surface area contributed by atoms with Crippen LogP contribution in [0.15, 0.2) is 24.3 Å². The molecule has 1 aromatic rings. The second-order valence-corrected chi connectivity index (χ2v) is 8.46. The molecule has 1 aromatic carbocycles. The fourth-order valence-corrected chi connectivity index (χ4v) is 4.73. The third-order valence-electron chi connectivity index (χ3n) is 6.59. The molecule has 2 atom stereocenters. The van der Waals surface area contributed by atoms with E-state index in [2.05, 4.69) is 10.2 Å². The van der Waals surface area contributed by atoms with Gasteiger partial charge in [-0.15, -0.1) is 0 Å². The van der Waals surface area contributed by atoms with Crippen molar-refractivity contribution in [2.75, 3.05) is 31.1 Å². The summed E-state index contributed by atoms with van der Waals surface area (Å²) in [6.07, 6.45) is 2.95. The zero-order valence-corrected chi connectivity index (χ0v) is 16.9. The van der Waals surface area contributed by atoms with Crippen LogP contribution in [0.4, 0.5) is 5.69 Å². The van der Waals surface area contributed by atoms with Crippen molar-refractivity contribution in [1.82, 2.24) is 10.2 Å². The number of imide groups is 1. The normalized spacial score (nSPS) is 25.3. The molecule has 30 heavy (non-hydrogen) atoms. The van der Waals surface area contributed by atoms with E-state index in [1.807, 2.05) is 24.3 Å². The number of nitrogens with zero attached hydrogens (tertiary/aromatic N) is 2. The fraction of sp³-hybridized carbons (Fsp3) is 0.545. The van der Waals surface area contributed by atoms with Gasteiger partial charge in [0.05, 0.1) is 11.8 Å². The average molecular weight is 413 g/mol. The second-order valence-electron chi connectivity index (χ2n) is 8.46. The van der Waals surface area contributed by atoms with E-state index in [0.717, 1.165) is 37.2 Å². The molecule has 3 aliphatic heterocycles. The summed E-state index contributed by atoms with van der Waals surface area (Å²) in [6.45, 7) is 2.41. The van der Waals surface area contributed by atoms with Crippen molar-refractivity contribution in [1.29, 1.82) is 0 Å². The Labute approximate surface area is 175 Å². The van der Waals surface area contributed by atoms with Gasteiger partial charge in [-0.3, -0.25) is 24.5 Å². The highest BCUT2D eigenvalue weighted by Crippen LogP contribution is 2.30.